The molecule has 0 aliphatic heterocycles. The fourth-order valence-electron chi connectivity index (χ4n) is 1.58. The van der Waals surface area contributed by atoms with Crippen molar-refractivity contribution in [2.75, 3.05) is 11.9 Å². The van der Waals surface area contributed by atoms with Crippen molar-refractivity contribution in [2.45, 2.75) is 33.2 Å². The van der Waals surface area contributed by atoms with Gasteiger partial charge in [-0.25, -0.2) is 0 Å². The summed E-state index contributed by atoms with van der Waals surface area (Å²) < 4.78 is 1.06. The number of nitrogens with one attached hydrogen (secondary N) is 2. The molecule has 3 nitrogen and oxygen atoms in total. The summed E-state index contributed by atoms with van der Waals surface area (Å²) >= 11 is 3.44. The van der Waals surface area contributed by atoms with Crippen molar-refractivity contribution in [1.82, 2.24) is 5.32 Å². The highest BCUT2D eigenvalue weighted by Gasteiger charge is 2.05. The van der Waals surface area contributed by atoms with Crippen LogP contribution in [0.2, 0.25) is 0 Å². The molecule has 0 aliphatic carbocycles. The zero-order chi connectivity index (χ0) is 12.8. The molecule has 0 aliphatic rings. The quantitative estimate of drug-likeness (QED) is 0.877. The second kappa shape index (κ2) is 6.64. The summed E-state index contributed by atoms with van der Waals surface area (Å²) in [5.74, 6) is 0.0185. The lowest BCUT2D eigenvalue weighted by molar-refractivity contribution is -0.119. The number of rotatable bonds is 5. The number of hydrogen-bond acceptors (Lipinski definition) is 2. The zero-order valence-electron chi connectivity index (χ0n) is 10.5. The smallest absolute Gasteiger partial charge is 0.239 e. The topological polar surface area (TPSA) is 41.1 Å². The van der Waals surface area contributed by atoms with Crippen LogP contribution in [0.1, 0.15) is 26.3 Å². The van der Waals surface area contributed by atoms with Crippen LogP contribution in [0.15, 0.2) is 22.7 Å². The van der Waals surface area contributed by atoms with E-state index in [2.05, 4.69) is 39.6 Å². The molecule has 0 saturated heterocycles. The van der Waals surface area contributed by atoms with E-state index in [1.54, 1.807) is 0 Å². The van der Waals surface area contributed by atoms with Crippen LogP contribution in [0.5, 0.6) is 0 Å². The van der Waals surface area contributed by atoms with Gasteiger partial charge in [0.1, 0.15) is 0 Å². The first-order valence-corrected chi connectivity index (χ1v) is 6.64. The fraction of sp³-hybridized carbons (Fsp3) is 0.462. The number of halogens is 1. The van der Waals surface area contributed by atoms with E-state index in [0.29, 0.717) is 6.54 Å². The first-order valence-electron chi connectivity index (χ1n) is 5.84. The van der Waals surface area contributed by atoms with Crippen LogP contribution >= 0.6 is 15.9 Å². The van der Waals surface area contributed by atoms with Crippen LogP contribution in [0.4, 0.5) is 5.69 Å². The predicted molar refractivity (Wildman–Crippen MR) is 75.3 cm³/mol. The van der Waals surface area contributed by atoms with E-state index in [4.69, 9.17) is 0 Å². The van der Waals surface area contributed by atoms with Gasteiger partial charge in [0.15, 0.2) is 0 Å². The molecule has 0 heterocycles. The summed E-state index contributed by atoms with van der Waals surface area (Å²) in [6.45, 7) is 6.32. The number of aryl methyl sites for hydroxylation is 1. The summed E-state index contributed by atoms with van der Waals surface area (Å²) in [6, 6.07) is 6.22. The molecule has 4 heteroatoms. The van der Waals surface area contributed by atoms with E-state index in [9.17, 15) is 4.79 Å². The molecule has 0 fully saturated rings. The van der Waals surface area contributed by atoms with Crippen LogP contribution in [0, 0.1) is 0 Å². The first-order chi connectivity index (χ1) is 8.02. The Balaban J connectivity index is 2.60. The van der Waals surface area contributed by atoms with E-state index in [-0.39, 0.29) is 11.9 Å². The lowest BCUT2D eigenvalue weighted by Crippen LogP contribution is -2.34. The van der Waals surface area contributed by atoms with E-state index in [1.165, 1.54) is 5.56 Å². The molecule has 0 aromatic heterocycles. The Morgan fingerprint density at radius 3 is 2.71 bits per heavy atom. The van der Waals surface area contributed by atoms with Gasteiger partial charge in [-0.15, -0.1) is 0 Å². The maximum atomic E-state index is 11.5. The SMILES string of the molecule is CCc1cc(Br)ccc1NCC(=O)NC(C)C. The lowest BCUT2D eigenvalue weighted by Gasteiger charge is -2.13. The summed E-state index contributed by atoms with van der Waals surface area (Å²) in [5.41, 5.74) is 2.23. The van der Waals surface area contributed by atoms with Crippen LogP contribution in [0.3, 0.4) is 0 Å². The number of carbonyl (C=O) groups excluding carboxylic acids is 1. The van der Waals surface area contributed by atoms with Gasteiger partial charge >= 0.3 is 0 Å². The molecule has 0 unspecified atom stereocenters. The molecule has 17 heavy (non-hydrogen) atoms. The van der Waals surface area contributed by atoms with Crippen molar-refractivity contribution in [3.8, 4) is 0 Å². The number of carbonyl (C=O) groups is 1. The van der Waals surface area contributed by atoms with Gasteiger partial charge in [0.2, 0.25) is 5.91 Å². The van der Waals surface area contributed by atoms with Crippen molar-refractivity contribution >= 4 is 27.5 Å². The lowest BCUT2D eigenvalue weighted by atomic mass is 10.1. The van der Waals surface area contributed by atoms with Crippen molar-refractivity contribution < 1.29 is 4.79 Å². The van der Waals surface area contributed by atoms with Gasteiger partial charge in [-0.2, -0.15) is 0 Å². The molecule has 1 aromatic carbocycles. The van der Waals surface area contributed by atoms with Crippen LogP contribution < -0.4 is 10.6 Å². The van der Waals surface area contributed by atoms with Gasteiger partial charge in [0, 0.05) is 16.2 Å². The highest BCUT2D eigenvalue weighted by molar-refractivity contribution is 9.10. The molecular weight excluding hydrogens is 280 g/mol. The Kier molecular flexibility index (Phi) is 5.48. The van der Waals surface area contributed by atoms with Crippen molar-refractivity contribution in [2.24, 2.45) is 0 Å². The Morgan fingerprint density at radius 2 is 2.12 bits per heavy atom. The normalized spacial score (nSPS) is 10.4. The highest BCUT2D eigenvalue weighted by Crippen LogP contribution is 2.21. The largest absolute Gasteiger partial charge is 0.376 e. The van der Waals surface area contributed by atoms with Crippen molar-refractivity contribution in [3.63, 3.8) is 0 Å². The van der Waals surface area contributed by atoms with Gasteiger partial charge in [-0.05, 0) is 44.0 Å². The van der Waals surface area contributed by atoms with Crippen LogP contribution in [-0.2, 0) is 11.2 Å². The molecule has 0 atom stereocenters. The Hall–Kier alpha value is -1.03. The first kappa shape index (κ1) is 14.0. The van der Waals surface area contributed by atoms with Gasteiger partial charge in [0.05, 0.1) is 6.54 Å². The summed E-state index contributed by atoms with van der Waals surface area (Å²) in [6.07, 6.45) is 0.938. The minimum atomic E-state index is 0.0185. The third-order valence-electron chi connectivity index (χ3n) is 2.34. The van der Waals surface area contributed by atoms with Gasteiger partial charge in [0.25, 0.3) is 0 Å². The third kappa shape index (κ3) is 4.77. The number of anilines is 1. The molecule has 0 radical (unpaired) electrons. The van der Waals surface area contributed by atoms with E-state index < -0.39 is 0 Å². The molecular formula is C13H19BrN2O. The molecule has 1 aromatic rings. The fourth-order valence-corrected chi connectivity index (χ4v) is 1.98. The zero-order valence-corrected chi connectivity index (χ0v) is 12.1. The second-order valence-corrected chi connectivity index (χ2v) is 5.15. The standard InChI is InChI=1S/C13H19BrN2O/c1-4-10-7-11(14)5-6-12(10)15-8-13(17)16-9(2)3/h5-7,9,15H,4,8H2,1-3H3,(H,16,17). The molecule has 0 bridgehead atoms. The molecule has 2 N–H and O–H groups in total. The average Bonchev–Trinajstić information content (AvgIpc) is 2.26. The van der Waals surface area contributed by atoms with E-state index >= 15 is 0 Å². The minimum Gasteiger partial charge on any atom is -0.376 e. The van der Waals surface area contributed by atoms with Gasteiger partial charge in [-0.3, -0.25) is 4.79 Å². The Labute approximate surface area is 111 Å². The van der Waals surface area contributed by atoms with Gasteiger partial charge < -0.3 is 10.6 Å². The maximum Gasteiger partial charge on any atom is 0.239 e. The summed E-state index contributed by atoms with van der Waals surface area (Å²) in [4.78, 5) is 11.5. The summed E-state index contributed by atoms with van der Waals surface area (Å²) in [5, 5.41) is 6.01. The Morgan fingerprint density at radius 1 is 1.41 bits per heavy atom. The summed E-state index contributed by atoms with van der Waals surface area (Å²) in [7, 11) is 0. The molecule has 1 amide bonds. The number of benzene rings is 1. The molecule has 0 spiro atoms. The molecule has 94 valence electrons. The monoisotopic (exact) mass is 298 g/mol. The second-order valence-electron chi connectivity index (χ2n) is 4.23. The maximum absolute atomic E-state index is 11.5. The predicted octanol–water partition coefficient (Wildman–Crippen LogP) is 2.95. The minimum absolute atomic E-state index is 0.0185. The van der Waals surface area contributed by atoms with E-state index in [1.807, 2.05) is 26.0 Å². The number of amides is 1. The van der Waals surface area contributed by atoms with Crippen molar-refractivity contribution in [3.05, 3.63) is 28.2 Å². The van der Waals surface area contributed by atoms with Crippen LogP contribution in [0.25, 0.3) is 0 Å². The van der Waals surface area contributed by atoms with Gasteiger partial charge in [-0.1, -0.05) is 22.9 Å². The molecule has 1 rings (SSSR count). The Bertz CT molecular complexity index is 391. The highest BCUT2D eigenvalue weighted by atomic mass is 79.9. The third-order valence-corrected chi connectivity index (χ3v) is 2.83. The van der Waals surface area contributed by atoms with E-state index in [0.717, 1.165) is 16.6 Å². The number of hydrogen-bond donors (Lipinski definition) is 2. The molecule has 0 saturated carbocycles. The van der Waals surface area contributed by atoms with Crippen molar-refractivity contribution in [1.29, 1.82) is 0 Å². The van der Waals surface area contributed by atoms with Crippen LogP contribution in [-0.4, -0.2) is 18.5 Å². The average molecular weight is 299 g/mol.